The van der Waals surface area contributed by atoms with Gasteiger partial charge in [0.1, 0.15) is 11.7 Å². The molecule has 0 radical (unpaired) electrons. The second kappa shape index (κ2) is 6.60. The van der Waals surface area contributed by atoms with Crippen LogP contribution in [-0.4, -0.2) is 23.6 Å². The van der Waals surface area contributed by atoms with E-state index in [-0.39, 0.29) is 34.5 Å². The normalized spacial score (nSPS) is 47.2. The minimum atomic E-state index is -0.346. The van der Waals surface area contributed by atoms with Crippen LogP contribution in [0.3, 0.4) is 0 Å². The SMILES string of the molecule is CC(=O)O[C@@H]1CC[C@H]2[C@@H]3CC=C4C[C@@](C)(OC(C)=O)CC[C@]4(C)[C@@H]3CC[C@]12C. The summed E-state index contributed by atoms with van der Waals surface area (Å²) in [5.74, 6) is 1.72. The fraction of sp³-hybridized carbons (Fsp3) is 0.833. The molecule has 0 spiro atoms. The number of allylic oxidation sites excluding steroid dienone is 1. The zero-order chi connectivity index (χ0) is 20.3. The van der Waals surface area contributed by atoms with Crippen molar-refractivity contribution >= 4 is 11.9 Å². The van der Waals surface area contributed by atoms with E-state index >= 15 is 0 Å². The Kier molecular flexibility index (Phi) is 4.71. The first-order valence-electron chi connectivity index (χ1n) is 11.1. The summed E-state index contributed by atoms with van der Waals surface area (Å²) < 4.78 is 11.5. The number of rotatable bonds is 2. The van der Waals surface area contributed by atoms with Crippen LogP contribution < -0.4 is 0 Å². The van der Waals surface area contributed by atoms with E-state index in [0.717, 1.165) is 38.5 Å². The van der Waals surface area contributed by atoms with Gasteiger partial charge in [0.2, 0.25) is 0 Å². The fourth-order valence-corrected chi connectivity index (χ4v) is 7.57. The zero-order valence-corrected chi connectivity index (χ0v) is 18.2. The first kappa shape index (κ1) is 20.0. The van der Waals surface area contributed by atoms with Gasteiger partial charge in [-0.1, -0.05) is 25.5 Å². The summed E-state index contributed by atoms with van der Waals surface area (Å²) >= 11 is 0. The quantitative estimate of drug-likeness (QED) is 0.482. The summed E-state index contributed by atoms with van der Waals surface area (Å²) in [5, 5.41) is 0. The topological polar surface area (TPSA) is 52.6 Å². The summed E-state index contributed by atoms with van der Waals surface area (Å²) in [6, 6.07) is 0. The van der Waals surface area contributed by atoms with Gasteiger partial charge in [0.15, 0.2) is 0 Å². The molecule has 0 aromatic carbocycles. The average molecular weight is 389 g/mol. The Bertz CT molecular complexity index is 711. The first-order valence-corrected chi connectivity index (χ1v) is 11.1. The third kappa shape index (κ3) is 3.02. The molecule has 0 amide bonds. The van der Waals surface area contributed by atoms with Crippen LogP contribution in [0.2, 0.25) is 0 Å². The third-order valence-corrected chi connectivity index (χ3v) is 8.97. The van der Waals surface area contributed by atoms with Gasteiger partial charge in [-0.25, -0.2) is 0 Å². The molecule has 0 aromatic rings. The highest BCUT2D eigenvalue weighted by Gasteiger charge is 2.60. The summed E-state index contributed by atoms with van der Waals surface area (Å²) in [6.45, 7) is 9.99. The van der Waals surface area contributed by atoms with Crippen molar-refractivity contribution < 1.29 is 19.1 Å². The summed E-state index contributed by atoms with van der Waals surface area (Å²) in [5.41, 5.74) is 1.53. The molecule has 4 heteroatoms. The van der Waals surface area contributed by atoms with Crippen LogP contribution >= 0.6 is 0 Å². The maximum Gasteiger partial charge on any atom is 0.303 e. The molecular weight excluding hydrogens is 352 g/mol. The largest absolute Gasteiger partial charge is 0.462 e. The molecule has 0 bridgehead atoms. The maximum absolute atomic E-state index is 11.6. The molecule has 3 fully saturated rings. The molecule has 7 atom stereocenters. The van der Waals surface area contributed by atoms with E-state index in [0.29, 0.717) is 17.8 Å². The molecule has 0 heterocycles. The number of esters is 2. The molecule has 0 aliphatic heterocycles. The molecule has 3 saturated carbocycles. The van der Waals surface area contributed by atoms with Gasteiger partial charge >= 0.3 is 11.9 Å². The van der Waals surface area contributed by atoms with E-state index < -0.39 is 0 Å². The summed E-state index contributed by atoms with van der Waals surface area (Å²) in [4.78, 5) is 23.2. The lowest BCUT2D eigenvalue weighted by molar-refractivity contribution is -0.161. The molecule has 4 rings (SSSR count). The Hall–Kier alpha value is -1.32. The van der Waals surface area contributed by atoms with Crippen molar-refractivity contribution in [2.45, 2.75) is 97.7 Å². The summed E-state index contributed by atoms with van der Waals surface area (Å²) in [6.07, 6.45) is 11.2. The Labute approximate surface area is 169 Å². The van der Waals surface area contributed by atoms with E-state index in [1.807, 2.05) is 0 Å². The number of carbonyl (C=O) groups is 2. The molecule has 0 saturated heterocycles. The first-order chi connectivity index (χ1) is 13.1. The predicted molar refractivity (Wildman–Crippen MR) is 107 cm³/mol. The van der Waals surface area contributed by atoms with Crippen LogP contribution in [0.15, 0.2) is 11.6 Å². The van der Waals surface area contributed by atoms with Crippen LogP contribution in [0.1, 0.15) is 86.0 Å². The van der Waals surface area contributed by atoms with Gasteiger partial charge in [-0.3, -0.25) is 9.59 Å². The minimum absolute atomic E-state index is 0.0905. The highest BCUT2D eigenvalue weighted by atomic mass is 16.6. The van der Waals surface area contributed by atoms with Gasteiger partial charge in [0.25, 0.3) is 0 Å². The number of ether oxygens (including phenoxy) is 2. The van der Waals surface area contributed by atoms with Crippen molar-refractivity contribution in [1.82, 2.24) is 0 Å². The van der Waals surface area contributed by atoms with Crippen molar-refractivity contribution in [3.63, 3.8) is 0 Å². The number of hydrogen-bond donors (Lipinski definition) is 0. The molecule has 4 aliphatic carbocycles. The Morgan fingerprint density at radius 1 is 0.964 bits per heavy atom. The standard InChI is InChI=1S/C24H36O4/c1-15(25)27-21-9-8-19-18-7-6-17-14-22(3,28-16(2)26)12-13-23(17,4)20(18)10-11-24(19,21)5/h6,18-21H,7-14H2,1-5H3/t18-,19-,20+,21+,22-,23-,24-/m0/s1. The van der Waals surface area contributed by atoms with Gasteiger partial charge in [-0.2, -0.15) is 0 Å². The van der Waals surface area contributed by atoms with Gasteiger partial charge in [0, 0.05) is 25.7 Å². The molecule has 4 nitrogen and oxygen atoms in total. The number of fused-ring (bicyclic) bond motifs is 5. The second-order valence-corrected chi connectivity index (χ2v) is 10.7. The minimum Gasteiger partial charge on any atom is -0.462 e. The van der Waals surface area contributed by atoms with Gasteiger partial charge in [0.05, 0.1) is 0 Å². The van der Waals surface area contributed by atoms with Crippen LogP contribution in [0, 0.1) is 28.6 Å². The average Bonchev–Trinajstić information content (AvgIpc) is 2.91. The van der Waals surface area contributed by atoms with Crippen LogP contribution in [0.25, 0.3) is 0 Å². The monoisotopic (exact) mass is 388 g/mol. The van der Waals surface area contributed by atoms with E-state index in [1.165, 1.54) is 25.3 Å². The van der Waals surface area contributed by atoms with Crippen molar-refractivity contribution in [2.75, 3.05) is 0 Å². The molecule has 28 heavy (non-hydrogen) atoms. The lowest BCUT2D eigenvalue weighted by atomic mass is 9.47. The lowest BCUT2D eigenvalue weighted by Gasteiger charge is -2.58. The molecular formula is C24H36O4. The zero-order valence-electron chi connectivity index (χ0n) is 18.2. The third-order valence-electron chi connectivity index (χ3n) is 8.97. The molecule has 0 unspecified atom stereocenters. The van der Waals surface area contributed by atoms with Gasteiger partial charge in [-0.05, 0) is 75.0 Å². The predicted octanol–water partition coefficient (Wildman–Crippen LogP) is 5.20. The van der Waals surface area contributed by atoms with Crippen LogP contribution in [0.4, 0.5) is 0 Å². The van der Waals surface area contributed by atoms with Crippen LogP contribution in [-0.2, 0) is 19.1 Å². The highest BCUT2D eigenvalue weighted by molar-refractivity contribution is 5.66. The molecule has 0 aromatic heterocycles. The highest BCUT2D eigenvalue weighted by Crippen LogP contribution is 2.66. The van der Waals surface area contributed by atoms with Crippen molar-refractivity contribution in [3.8, 4) is 0 Å². The van der Waals surface area contributed by atoms with E-state index in [1.54, 1.807) is 6.92 Å². The van der Waals surface area contributed by atoms with E-state index in [4.69, 9.17) is 9.47 Å². The van der Waals surface area contributed by atoms with E-state index in [2.05, 4.69) is 26.8 Å². The van der Waals surface area contributed by atoms with Crippen molar-refractivity contribution in [1.29, 1.82) is 0 Å². The number of hydrogen-bond acceptors (Lipinski definition) is 4. The fourth-order valence-electron chi connectivity index (χ4n) is 7.57. The maximum atomic E-state index is 11.6. The molecule has 156 valence electrons. The number of carbonyl (C=O) groups excluding carboxylic acids is 2. The van der Waals surface area contributed by atoms with Gasteiger partial charge in [-0.15, -0.1) is 0 Å². The Morgan fingerprint density at radius 3 is 2.39 bits per heavy atom. The van der Waals surface area contributed by atoms with Crippen LogP contribution in [0.5, 0.6) is 0 Å². The Morgan fingerprint density at radius 2 is 1.71 bits per heavy atom. The summed E-state index contributed by atoms with van der Waals surface area (Å²) in [7, 11) is 0. The van der Waals surface area contributed by atoms with Gasteiger partial charge < -0.3 is 9.47 Å². The second-order valence-electron chi connectivity index (χ2n) is 10.7. The molecule has 4 aliphatic rings. The smallest absolute Gasteiger partial charge is 0.303 e. The van der Waals surface area contributed by atoms with Crippen molar-refractivity contribution in [3.05, 3.63) is 11.6 Å². The van der Waals surface area contributed by atoms with E-state index in [9.17, 15) is 9.59 Å². The van der Waals surface area contributed by atoms with Crippen molar-refractivity contribution in [2.24, 2.45) is 28.6 Å². The molecule has 0 N–H and O–H groups in total. The lowest BCUT2D eigenvalue weighted by Crippen LogP contribution is -2.53. The Balaban J connectivity index is 1.58.